The molecule has 4 N–H and O–H groups in total. The first kappa shape index (κ1) is 44.9. The van der Waals surface area contributed by atoms with Gasteiger partial charge in [0.1, 0.15) is 6.04 Å². The summed E-state index contributed by atoms with van der Waals surface area (Å²) in [6, 6.07) is 33.9. The van der Waals surface area contributed by atoms with E-state index in [1.165, 1.54) is 0 Å². The molecule has 0 bridgehead atoms. The maximum atomic E-state index is 13.2. The number of amides is 2. The molecule has 0 saturated heterocycles. The minimum atomic E-state index is -4.71. The quantitative estimate of drug-likeness (QED) is 0.0823. The second kappa shape index (κ2) is 20.3. The van der Waals surface area contributed by atoms with Gasteiger partial charge in [-0.3, -0.25) is 24.0 Å². The van der Waals surface area contributed by atoms with Crippen LogP contribution in [0.15, 0.2) is 138 Å². The Morgan fingerprint density at radius 2 is 1.49 bits per heavy atom. The lowest BCUT2D eigenvalue weighted by molar-refractivity contribution is -0.139. The van der Waals surface area contributed by atoms with Crippen LogP contribution in [0.25, 0.3) is 22.7 Å². The molecule has 0 radical (unpaired) electrons. The second-order valence-corrected chi connectivity index (χ2v) is 14.4. The molecule has 18 heteroatoms. The number of carbonyl (C=O) groups excluding carboxylic acids is 2. The van der Waals surface area contributed by atoms with Crippen molar-refractivity contribution in [3.8, 4) is 22.7 Å². The summed E-state index contributed by atoms with van der Waals surface area (Å²) in [5.74, 6) is -4.94. The fourth-order valence-electron chi connectivity index (χ4n) is 6.39. The maximum absolute atomic E-state index is 13.2. The number of aliphatic carboxylic acids is 2. The van der Waals surface area contributed by atoms with Gasteiger partial charge in [0, 0.05) is 23.8 Å². The number of carboxylic acid groups (broad SMARTS) is 2. The van der Waals surface area contributed by atoms with E-state index in [2.05, 4.69) is 30.9 Å². The standard InChI is InChI=1S/C27H25N3O3.C18H12ClF3N4O4/c1-19-10-8-9-15-22(19)23(17-26(31)32)28-27(33)24-16-25(21-13-6-3-7-14-21)30(29-24)18-20-11-4-2-5-12-20;19-10-3-1-9(2-4-10)7-13(17(28)29)24-15(27)14-25-16(30-26-14)11-8-23-6-5-12(11)18(20,21)22/h2-16,23H,17-18H2,1H3,(H,28,33)(H,31,32);1-6,8,13H,7H2,(H,24,27)(H,28,29)/t23-;13-/m00/s1. The van der Waals surface area contributed by atoms with Crippen LogP contribution >= 0.6 is 11.6 Å². The van der Waals surface area contributed by atoms with E-state index in [4.69, 9.17) is 16.1 Å². The summed E-state index contributed by atoms with van der Waals surface area (Å²) in [6.07, 6.45) is -3.16. The number of alkyl halides is 3. The first-order valence-corrected chi connectivity index (χ1v) is 19.4. The molecule has 7 aromatic rings. The average molecular weight is 880 g/mol. The molecule has 63 heavy (non-hydrogen) atoms. The van der Waals surface area contributed by atoms with Crippen molar-refractivity contribution < 1.29 is 47.1 Å². The van der Waals surface area contributed by atoms with E-state index in [0.29, 0.717) is 17.1 Å². The minimum absolute atomic E-state index is 0.0657. The first-order valence-electron chi connectivity index (χ1n) is 19.0. The van der Waals surface area contributed by atoms with Crippen LogP contribution in [0.3, 0.4) is 0 Å². The van der Waals surface area contributed by atoms with Crippen molar-refractivity contribution in [2.24, 2.45) is 0 Å². The highest BCUT2D eigenvalue weighted by atomic mass is 35.5. The molecule has 322 valence electrons. The molecule has 4 aromatic carbocycles. The number of pyridine rings is 1. The summed E-state index contributed by atoms with van der Waals surface area (Å²) in [6.45, 7) is 2.41. The van der Waals surface area contributed by atoms with Crippen LogP contribution < -0.4 is 10.6 Å². The number of hydrogen-bond donors (Lipinski definition) is 4. The van der Waals surface area contributed by atoms with Gasteiger partial charge in [-0.25, -0.2) is 4.79 Å². The van der Waals surface area contributed by atoms with E-state index in [-0.39, 0.29) is 18.5 Å². The zero-order chi connectivity index (χ0) is 45.1. The van der Waals surface area contributed by atoms with Gasteiger partial charge < -0.3 is 25.4 Å². The highest BCUT2D eigenvalue weighted by Crippen LogP contribution is 2.36. The van der Waals surface area contributed by atoms with Crippen molar-refractivity contribution in [1.29, 1.82) is 0 Å². The van der Waals surface area contributed by atoms with Crippen molar-refractivity contribution in [1.82, 2.24) is 35.5 Å². The van der Waals surface area contributed by atoms with Crippen LogP contribution in [0.4, 0.5) is 13.2 Å². The Hall–Kier alpha value is -7.66. The number of carboxylic acids is 2. The highest BCUT2D eigenvalue weighted by molar-refractivity contribution is 6.30. The third kappa shape index (κ3) is 12.0. The third-order valence-corrected chi connectivity index (χ3v) is 9.70. The van der Waals surface area contributed by atoms with Gasteiger partial charge >= 0.3 is 18.1 Å². The summed E-state index contributed by atoms with van der Waals surface area (Å²) in [5, 5.41) is 32.2. The van der Waals surface area contributed by atoms with Gasteiger partial charge in [-0.1, -0.05) is 114 Å². The molecule has 3 aromatic heterocycles. The average Bonchev–Trinajstić information content (AvgIpc) is 3.93. The molecule has 0 aliphatic carbocycles. The molecular weight excluding hydrogens is 843 g/mol. The highest BCUT2D eigenvalue weighted by Gasteiger charge is 2.36. The molecule has 14 nitrogen and oxygen atoms in total. The molecule has 7 rings (SSSR count). The number of benzene rings is 4. The van der Waals surface area contributed by atoms with Crippen LogP contribution in [-0.4, -0.2) is 64.9 Å². The predicted molar refractivity (Wildman–Crippen MR) is 223 cm³/mol. The Morgan fingerprint density at radius 3 is 2.14 bits per heavy atom. The van der Waals surface area contributed by atoms with E-state index in [1.807, 2.05) is 91.9 Å². The molecule has 2 amide bonds. The SMILES string of the molecule is Cc1ccccc1[C@H](CC(=O)O)NC(=O)c1cc(-c2ccccc2)n(Cc2ccccc2)n1.O=C(N[C@@H](Cc1ccc(Cl)cc1)C(=O)O)c1noc(-c2cnccc2C(F)(F)F)n1. The molecule has 3 heterocycles. The molecule has 0 fully saturated rings. The first-order chi connectivity index (χ1) is 30.2. The van der Waals surface area contributed by atoms with E-state index in [9.17, 15) is 42.6 Å². The van der Waals surface area contributed by atoms with E-state index in [0.717, 1.165) is 46.4 Å². The maximum Gasteiger partial charge on any atom is 0.417 e. The van der Waals surface area contributed by atoms with Crippen molar-refractivity contribution in [3.05, 3.63) is 178 Å². The topological polar surface area (TPSA) is 202 Å². The van der Waals surface area contributed by atoms with Gasteiger partial charge in [0.05, 0.1) is 35.8 Å². The molecule has 2 atom stereocenters. The lowest BCUT2D eigenvalue weighted by Gasteiger charge is -2.18. The van der Waals surface area contributed by atoms with E-state index >= 15 is 0 Å². The van der Waals surface area contributed by atoms with Crippen molar-refractivity contribution in [3.63, 3.8) is 0 Å². The van der Waals surface area contributed by atoms with Crippen LogP contribution in [0.2, 0.25) is 5.02 Å². The van der Waals surface area contributed by atoms with E-state index in [1.54, 1.807) is 35.0 Å². The summed E-state index contributed by atoms with van der Waals surface area (Å²) >= 11 is 5.78. The predicted octanol–water partition coefficient (Wildman–Crippen LogP) is 8.08. The largest absolute Gasteiger partial charge is 0.481 e. The summed E-state index contributed by atoms with van der Waals surface area (Å²) in [7, 11) is 0. The summed E-state index contributed by atoms with van der Waals surface area (Å²) in [5.41, 5.74) is 3.78. The number of nitrogens with zero attached hydrogens (tertiary/aromatic N) is 5. The number of rotatable bonds is 14. The second-order valence-electron chi connectivity index (χ2n) is 13.9. The molecule has 0 unspecified atom stereocenters. The lowest BCUT2D eigenvalue weighted by Crippen LogP contribution is -2.42. The van der Waals surface area contributed by atoms with Gasteiger partial charge in [0.25, 0.3) is 23.5 Å². The van der Waals surface area contributed by atoms with Crippen LogP contribution in [0.1, 0.15) is 61.4 Å². The Morgan fingerprint density at radius 1 is 0.825 bits per heavy atom. The van der Waals surface area contributed by atoms with Gasteiger partial charge in [-0.2, -0.15) is 23.3 Å². The Kier molecular flexibility index (Phi) is 14.4. The third-order valence-electron chi connectivity index (χ3n) is 9.45. The lowest BCUT2D eigenvalue weighted by atomic mass is 9.98. The smallest absolute Gasteiger partial charge is 0.417 e. The Bertz CT molecular complexity index is 2690. The molecule has 0 aliphatic heterocycles. The van der Waals surface area contributed by atoms with Crippen LogP contribution in [0, 0.1) is 6.92 Å². The fourth-order valence-corrected chi connectivity index (χ4v) is 6.51. The number of nitrogens with one attached hydrogen (secondary N) is 2. The Balaban J connectivity index is 0.000000211. The molecule has 0 aliphatic rings. The Labute approximate surface area is 362 Å². The van der Waals surface area contributed by atoms with Gasteiger partial charge in [-0.05, 0) is 59.0 Å². The zero-order valence-corrected chi connectivity index (χ0v) is 33.9. The molecular formula is C45H37ClF3N7O7. The minimum Gasteiger partial charge on any atom is -0.481 e. The van der Waals surface area contributed by atoms with Crippen molar-refractivity contribution in [2.45, 2.75) is 44.6 Å². The molecule has 0 saturated carbocycles. The normalized spacial score (nSPS) is 12.0. The van der Waals surface area contributed by atoms with Crippen LogP contribution in [0.5, 0.6) is 0 Å². The van der Waals surface area contributed by atoms with E-state index < -0.39 is 64.9 Å². The van der Waals surface area contributed by atoms with Crippen molar-refractivity contribution in [2.75, 3.05) is 0 Å². The number of aromatic nitrogens is 5. The number of hydrogen-bond acceptors (Lipinski definition) is 9. The molecule has 0 spiro atoms. The van der Waals surface area contributed by atoms with Crippen LogP contribution in [-0.2, 0) is 28.7 Å². The number of carbonyl (C=O) groups is 4. The summed E-state index contributed by atoms with van der Waals surface area (Å²) in [4.78, 5) is 55.7. The van der Waals surface area contributed by atoms with Gasteiger partial charge in [-0.15, -0.1) is 0 Å². The van der Waals surface area contributed by atoms with Crippen molar-refractivity contribution >= 4 is 35.4 Å². The van der Waals surface area contributed by atoms with Gasteiger partial charge in [0.2, 0.25) is 0 Å². The summed E-state index contributed by atoms with van der Waals surface area (Å²) < 4.78 is 45.9. The number of aryl methyl sites for hydroxylation is 1. The zero-order valence-electron chi connectivity index (χ0n) is 33.2. The number of halogens is 4. The fraction of sp³-hybridized carbons (Fsp3) is 0.156. The monoisotopic (exact) mass is 879 g/mol. The van der Waals surface area contributed by atoms with Gasteiger partial charge in [0.15, 0.2) is 5.69 Å².